The largest absolute Gasteiger partial charge is 0.342 e. The number of carbonyl (C=O) groups excluding carboxylic acids is 1. The quantitative estimate of drug-likeness (QED) is 0.874. The fraction of sp³-hybridized carbons (Fsp3) is 0.588. The maximum atomic E-state index is 12.5. The molecule has 1 aliphatic rings. The summed E-state index contributed by atoms with van der Waals surface area (Å²) in [6, 6.07) is 6.72. The third-order valence-electron chi connectivity index (χ3n) is 4.68. The maximum absolute atomic E-state index is 12.5. The molecule has 136 valence electrons. The van der Waals surface area contributed by atoms with Gasteiger partial charge in [-0.1, -0.05) is 32.9 Å². The molecular weight excluding hydrogens is 348 g/mol. The Balaban J connectivity index is 0.00000288. The van der Waals surface area contributed by atoms with E-state index in [9.17, 15) is 13.2 Å². The molecule has 1 fully saturated rings. The first-order valence-corrected chi connectivity index (χ1v) is 9.66. The summed E-state index contributed by atoms with van der Waals surface area (Å²) in [4.78, 5) is 14.6. The predicted octanol–water partition coefficient (Wildman–Crippen LogP) is 2.03. The molecule has 5 nitrogen and oxygen atoms in total. The number of likely N-dealkylation sites (tertiary alicyclic amines) is 1. The molecular formula is C17H27ClN2O3S. The third-order valence-corrected chi connectivity index (χ3v) is 6.43. The van der Waals surface area contributed by atoms with Gasteiger partial charge in [0.25, 0.3) is 0 Å². The summed E-state index contributed by atoms with van der Waals surface area (Å²) in [7, 11) is -3.19. The summed E-state index contributed by atoms with van der Waals surface area (Å²) in [6.45, 7) is 7.14. The van der Waals surface area contributed by atoms with Crippen LogP contribution in [0.15, 0.2) is 29.2 Å². The highest BCUT2D eigenvalue weighted by Crippen LogP contribution is 2.28. The van der Waals surface area contributed by atoms with E-state index in [1.54, 1.807) is 31.2 Å². The van der Waals surface area contributed by atoms with E-state index in [2.05, 4.69) is 13.8 Å². The van der Waals surface area contributed by atoms with Crippen molar-refractivity contribution in [3.63, 3.8) is 0 Å². The van der Waals surface area contributed by atoms with Gasteiger partial charge in [-0.25, -0.2) is 8.42 Å². The molecule has 1 heterocycles. The summed E-state index contributed by atoms with van der Waals surface area (Å²) in [5, 5.41) is 0. The van der Waals surface area contributed by atoms with Gasteiger partial charge in [0, 0.05) is 19.1 Å². The summed E-state index contributed by atoms with van der Waals surface area (Å²) in [5.74, 6) is 0.144. The average molecular weight is 375 g/mol. The topological polar surface area (TPSA) is 80.5 Å². The lowest BCUT2D eigenvalue weighted by Gasteiger charge is -2.42. The first-order valence-electron chi connectivity index (χ1n) is 8.01. The van der Waals surface area contributed by atoms with Crippen molar-refractivity contribution in [1.29, 1.82) is 0 Å². The highest BCUT2D eigenvalue weighted by molar-refractivity contribution is 7.91. The van der Waals surface area contributed by atoms with Gasteiger partial charge in [-0.2, -0.15) is 0 Å². The Bertz CT molecular complexity index is 672. The molecule has 1 unspecified atom stereocenters. The Morgan fingerprint density at radius 2 is 1.88 bits per heavy atom. The number of rotatable bonds is 4. The molecule has 0 aliphatic carbocycles. The van der Waals surface area contributed by atoms with Gasteiger partial charge >= 0.3 is 0 Å². The number of nitrogens with two attached hydrogens (primary N) is 1. The average Bonchev–Trinajstić information content (AvgIpc) is 2.50. The third kappa shape index (κ3) is 4.71. The van der Waals surface area contributed by atoms with Gasteiger partial charge in [-0.15, -0.1) is 12.4 Å². The second-order valence-corrected chi connectivity index (χ2v) is 9.20. The highest BCUT2D eigenvalue weighted by Gasteiger charge is 2.35. The van der Waals surface area contributed by atoms with E-state index in [1.807, 2.05) is 4.90 Å². The molecule has 2 rings (SSSR count). The van der Waals surface area contributed by atoms with Crippen LogP contribution in [0.2, 0.25) is 0 Å². The van der Waals surface area contributed by atoms with E-state index < -0.39 is 9.84 Å². The molecule has 1 atom stereocenters. The molecule has 2 N–H and O–H groups in total. The Kier molecular flexibility index (Phi) is 6.84. The minimum Gasteiger partial charge on any atom is -0.342 e. The Hall–Kier alpha value is -1.11. The van der Waals surface area contributed by atoms with Gasteiger partial charge in [0.1, 0.15) is 0 Å². The van der Waals surface area contributed by atoms with Crippen molar-refractivity contribution in [2.24, 2.45) is 11.1 Å². The van der Waals surface area contributed by atoms with Crippen LogP contribution in [0, 0.1) is 5.41 Å². The first kappa shape index (κ1) is 20.9. The number of nitrogens with zero attached hydrogens (tertiary/aromatic N) is 1. The van der Waals surface area contributed by atoms with Crippen LogP contribution < -0.4 is 5.73 Å². The van der Waals surface area contributed by atoms with Gasteiger partial charge in [0.05, 0.1) is 17.1 Å². The van der Waals surface area contributed by atoms with Crippen LogP contribution in [0.5, 0.6) is 0 Å². The van der Waals surface area contributed by atoms with Crippen LogP contribution in [-0.4, -0.2) is 44.1 Å². The van der Waals surface area contributed by atoms with E-state index in [1.165, 1.54) is 0 Å². The van der Waals surface area contributed by atoms with Crippen molar-refractivity contribution in [2.75, 3.05) is 18.8 Å². The summed E-state index contributed by atoms with van der Waals surface area (Å²) >= 11 is 0. The molecule has 0 spiro atoms. The molecule has 0 radical (unpaired) electrons. The number of halogens is 1. The van der Waals surface area contributed by atoms with E-state index in [4.69, 9.17) is 5.73 Å². The van der Waals surface area contributed by atoms with Crippen LogP contribution in [0.3, 0.4) is 0 Å². The minimum atomic E-state index is -3.19. The summed E-state index contributed by atoms with van der Waals surface area (Å²) in [6.07, 6.45) is 1.10. The molecule has 0 aromatic heterocycles. The monoisotopic (exact) mass is 374 g/mol. The lowest BCUT2D eigenvalue weighted by molar-refractivity contribution is -0.133. The smallest absolute Gasteiger partial charge is 0.227 e. The fourth-order valence-corrected chi connectivity index (χ4v) is 3.74. The van der Waals surface area contributed by atoms with E-state index in [0.717, 1.165) is 12.0 Å². The zero-order valence-corrected chi connectivity index (χ0v) is 16.1. The number of carbonyl (C=O) groups is 1. The molecule has 1 aliphatic heterocycles. The zero-order chi connectivity index (χ0) is 17.3. The Labute approximate surface area is 150 Å². The van der Waals surface area contributed by atoms with Crippen LogP contribution in [0.25, 0.3) is 0 Å². The number of hydrogen-bond acceptors (Lipinski definition) is 4. The van der Waals surface area contributed by atoms with Crippen molar-refractivity contribution in [1.82, 2.24) is 4.90 Å². The van der Waals surface area contributed by atoms with Gasteiger partial charge < -0.3 is 10.6 Å². The maximum Gasteiger partial charge on any atom is 0.227 e. The molecule has 1 saturated heterocycles. The molecule has 1 amide bonds. The minimum absolute atomic E-state index is 0. The van der Waals surface area contributed by atoms with Crippen molar-refractivity contribution in [3.05, 3.63) is 29.8 Å². The SMILES string of the molecule is CCS(=O)(=O)c1ccc(CC(=O)N2CCC(N)C(C)(C)C2)cc1.Cl. The molecule has 0 bridgehead atoms. The van der Waals surface area contributed by atoms with Crippen molar-refractivity contribution in [2.45, 2.75) is 44.6 Å². The van der Waals surface area contributed by atoms with Gasteiger partial charge in [0.15, 0.2) is 9.84 Å². The van der Waals surface area contributed by atoms with Gasteiger partial charge in [-0.05, 0) is 29.5 Å². The highest BCUT2D eigenvalue weighted by atomic mass is 35.5. The Morgan fingerprint density at radius 1 is 1.29 bits per heavy atom. The summed E-state index contributed by atoms with van der Waals surface area (Å²) in [5.41, 5.74) is 6.86. The molecule has 1 aromatic carbocycles. The van der Waals surface area contributed by atoms with Crippen LogP contribution in [0.1, 0.15) is 32.8 Å². The predicted molar refractivity (Wildman–Crippen MR) is 98.1 cm³/mol. The lowest BCUT2D eigenvalue weighted by atomic mass is 9.79. The van der Waals surface area contributed by atoms with E-state index >= 15 is 0 Å². The van der Waals surface area contributed by atoms with E-state index in [0.29, 0.717) is 18.0 Å². The van der Waals surface area contributed by atoms with Crippen molar-refractivity contribution >= 4 is 28.2 Å². The summed E-state index contributed by atoms with van der Waals surface area (Å²) < 4.78 is 23.6. The molecule has 1 aromatic rings. The number of hydrogen-bond donors (Lipinski definition) is 1. The number of benzene rings is 1. The van der Waals surface area contributed by atoms with Gasteiger partial charge in [0.2, 0.25) is 5.91 Å². The number of amides is 1. The molecule has 24 heavy (non-hydrogen) atoms. The van der Waals surface area contributed by atoms with Gasteiger partial charge in [-0.3, -0.25) is 4.79 Å². The standard InChI is InChI=1S/C17H26N2O3S.ClH/c1-4-23(21,22)14-7-5-13(6-8-14)11-16(20)19-10-9-15(18)17(2,3)12-19;/h5-8,15H,4,9-12,18H2,1-3H3;1H. The zero-order valence-electron chi connectivity index (χ0n) is 14.5. The Morgan fingerprint density at radius 3 is 2.38 bits per heavy atom. The second kappa shape index (κ2) is 7.85. The number of piperidine rings is 1. The van der Waals surface area contributed by atoms with Crippen molar-refractivity contribution < 1.29 is 13.2 Å². The number of sulfone groups is 1. The normalized spacial score (nSPS) is 20.3. The van der Waals surface area contributed by atoms with Crippen LogP contribution in [0.4, 0.5) is 0 Å². The van der Waals surface area contributed by atoms with Crippen LogP contribution >= 0.6 is 12.4 Å². The van der Waals surface area contributed by atoms with Crippen LogP contribution in [-0.2, 0) is 21.1 Å². The lowest BCUT2D eigenvalue weighted by Crippen LogP contribution is -2.54. The van der Waals surface area contributed by atoms with Crippen molar-refractivity contribution in [3.8, 4) is 0 Å². The fourth-order valence-electron chi connectivity index (χ4n) is 2.85. The second-order valence-electron chi connectivity index (χ2n) is 6.92. The first-order chi connectivity index (χ1) is 10.7. The molecule has 0 saturated carbocycles. The molecule has 7 heteroatoms. The van der Waals surface area contributed by atoms with E-state index in [-0.39, 0.29) is 41.9 Å².